The summed E-state index contributed by atoms with van der Waals surface area (Å²) < 4.78 is 0. The van der Waals surface area contributed by atoms with Crippen LogP contribution in [0.4, 0.5) is 5.69 Å². The van der Waals surface area contributed by atoms with Gasteiger partial charge in [0.05, 0.1) is 0 Å². The van der Waals surface area contributed by atoms with E-state index in [9.17, 15) is 0 Å². The average molecular weight is 220 g/mol. The zero-order valence-corrected chi connectivity index (χ0v) is 10.1. The molecule has 0 bridgehead atoms. The summed E-state index contributed by atoms with van der Waals surface area (Å²) in [4.78, 5) is 5.79. The van der Waals surface area contributed by atoms with Gasteiger partial charge >= 0.3 is 0 Å². The van der Waals surface area contributed by atoms with Crippen LogP contribution in [0, 0.1) is 0 Å². The van der Waals surface area contributed by atoms with Gasteiger partial charge in [0.25, 0.3) is 0 Å². The lowest BCUT2D eigenvalue weighted by Crippen LogP contribution is -2.33. The molecule has 0 heterocycles. The molecule has 0 aromatic heterocycles. The minimum absolute atomic E-state index is 0.0770. The molecule has 4 nitrogen and oxygen atoms in total. The zero-order valence-electron chi connectivity index (χ0n) is 10.1. The largest absolute Gasteiger partial charge is 0.370 e. The monoisotopic (exact) mass is 220 g/mol. The maximum Gasteiger partial charge on any atom is 0.195 e. The van der Waals surface area contributed by atoms with E-state index < -0.39 is 0 Å². The van der Waals surface area contributed by atoms with E-state index in [-0.39, 0.29) is 6.04 Å². The van der Waals surface area contributed by atoms with Gasteiger partial charge in [-0.15, -0.1) is 0 Å². The number of rotatable bonds is 3. The fourth-order valence-electron chi connectivity index (χ4n) is 1.48. The summed E-state index contributed by atoms with van der Waals surface area (Å²) in [6, 6.07) is 8.13. The standard InChI is InChI=1S/C12H20N4/c1-4-11(13)9-6-5-7-10(8-9)16(3)12(14)15-2/h5-8,11H,4,13H2,1-3H3,(H2,14,15). The van der Waals surface area contributed by atoms with Crippen LogP contribution < -0.4 is 16.4 Å². The van der Waals surface area contributed by atoms with Crippen LogP contribution in [0.25, 0.3) is 0 Å². The van der Waals surface area contributed by atoms with Crippen LogP contribution in [0.1, 0.15) is 24.9 Å². The van der Waals surface area contributed by atoms with Crippen molar-refractivity contribution < 1.29 is 0 Å². The Hall–Kier alpha value is -1.55. The predicted molar refractivity (Wildman–Crippen MR) is 69.6 cm³/mol. The van der Waals surface area contributed by atoms with Crippen LogP contribution in [-0.4, -0.2) is 20.1 Å². The maximum absolute atomic E-state index is 5.99. The number of guanidine groups is 1. The van der Waals surface area contributed by atoms with Crippen LogP contribution in [0.15, 0.2) is 29.3 Å². The van der Waals surface area contributed by atoms with E-state index in [1.165, 1.54) is 0 Å². The van der Waals surface area contributed by atoms with Crippen LogP contribution in [-0.2, 0) is 0 Å². The van der Waals surface area contributed by atoms with Gasteiger partial charge < -0.3 is 16.4 Å². The van der Waals surface area contributed by atoms with E-state index in [1.807, 2.05) is 36.2 Å². The van der Waals surface area contributed by atoms with Crippen molar-refractivity contribution in [3.05, 3.63) is 29.8 Å². The third-order valence-corrected chi connectivity index (χ3v) is 2.70. The Labute approximate surface area is 97.0 Å². The Morgan fingerprint density at radius 2 is 2.19 bits per heavy atom. The molecule has 1 atom stereocenters. The van der Waals surface area contributed by atoms with Gasteiger partial charge in [-0.2, -0.15) is 0 Å². The van der Waals surface area contributed by atoms with Crippen molar-refractivity contribution in [1.82, 2.24) is 0 Å². The van der Waals surface area contributed by atoms with Gasteiger partial charge in [-0.1, -0.05) is 19.1 Å². The molecular formula is C12H20N4. The molecule has 4 N–H and O–H groups in total. The van der Waals surface area contributed by atoms with E-state index in [0.717, 1.165) is 17.7 Å². The number of nitrogens with two attached hydrogens (primary N) is 2. The molecular weight excluding hydrogens is 200 g/mol. The van der Waals surface area contributed by atoms with Crippen molar-refractivity contribution in [3.63, 3.8) is 0 Å². The maximum atomic E-state index is 5.99. The molecule has 0 saturated carbocycles. The summed E-state index contributed by atoms with van der Waals surface area (Å²) in [5.41, 5.74) is 13.9. The number of nitrogens with zero attached hydrogens (tertiary/aromatic N) is 2. The van der Waals surface area contributed by atoms with Gasteiger partial charge in [0.15, 0.2) is 5.96 Å². The molecule has 0 radical (unpaired) electrons. The molecule has 0 aliphatic carbocycles. The van der Waals surface area contributed by atoms with Gasteiger partial charge in [-0.3, -0.25) is 4.99 Å². The summed E-state index contributed by atoms with van der Waals surface area (Å²) in [6.45, 7) is 2.07. The highest BCUT2D eigenvalue weighted by Crippen LogP contribution is 2.20. The summed E-state index contributed by atoms with van der Waals surface area (Å²) >= 11 is 0. The quantitative estimate of drug-likeness (QED) is 0.599. The number of aliphatic imine (C=N–C) groups is 1. The lowest BCUT2D eigenvalue weighted by molar-refractivity contribution is 0.699. The van der Waals surface area contributed by atoms with Gasteiger partial charge in [-0.05, 0) is 24.1 Å². The molecule has 4 heteroatoms. The zero-order chi connectivity index (χ0) is 12.1. The molecule has 88 valence electrons. The highest BCUT2D eigenvalue weighted by atomic mass is 15.2. The molecule has 0 fully saturated rings. The van der Waals surface area contributed by atoms with Crippen molar-refractivity contribution in [1.29, 1.82) is 0 Å². The topological polar surface area (TPSA) is 67.6 Å². The first-order valence-corrected chi connectivity index (χ1v) is 5.41. The second kappa shape index (κ2) is 5.51. The highest BCUT2D eigenvalue weighted by molar-refractivity contribution is 5.94. The Balaban J connectivity index is 2.98. The lowest BCUT2D eigenvalue weighted by atomic mass is 10.0. The molecule has 1 aromatic carbocycles. The summed E-state index contributed by atoms with van der Waals surface area (Å²) in [6.07, 6.45) is 0.921. The first-order valence-electron chi connectivity index (χ1n) is 5.41. The first kappa shape index (κ1) is 12.5. The van der Waals surface area contributed by atoms with Gasteiger partial charge in [0.1, 0.15) is 0 Å². The van der Waals surface area contributed by atoms with E-state index in [4.69, 9.17) is 11.5 Å². The third-order valence-electron chi connectivity index (χ3n) is 2.70. The van der Waals surface area contributed by atoms with Gasteiger partial charge in [0, 0.05) is 25.8 Å². The summed E-state index contributed by atoms with van der Waals surface area (Å²) in [5, 5.41) is 0. The normalized spacial score (nSPS) is 13.6. The van der Waals surface area contributed by atoms with Crippen LogP contribution >= 0.6 is 0 Å². The molecule has 1 aromatic rings. The predicted octanol–water partition coefficient (Wildman–Crippen LogP) is 1.48. The Morgan fingerprint density at radius 3 is 2.75 bits per heavy atom. The van der Waals surface area contributed by atoms with E-state index >= 15 is 0 Å². The van der Waals surface area contributed by atoms with Crippen molar-refractivity contribution in [2.75, 3.05) is 19.0 Å². The SMILES string of the molecule is CCC(N)c1cccc(N(C)C(N)=NC)c1. The number of benzene rings is 1. The van der Waals surface area contributed by atoms with Crippen molar-refractivity contribution in [3.8, 4) is 0 Å². The molecule has 1 unspecified atom stereocenters. The van der Waals surface area contributed by atoms with Gasteiger partial charge in [-0.25, -0.2) is 0 Å². The molecule has 0 saturated heterocycles. The summed E-state index contributed by atoms with van der Waals surface area (Å²) in [7, 11) is 3.56. The Kier molecular flexibility index (Phi) is 4.31. The fraction of sp³-hybridized carbons (Fsp3) is 0.417. The van der Waals surface area contributed by atoms with E-state index in [2.05, 4.69) is 11.9 Å². The average Bonchev–Trinajstić information content (AvgIpc) is 2.36. The van der Waals surface area contributed by atoms with Crippen LogP contribution in [0.3, 0.4) is 0 Å². The van der Waals surface area contributed by atoms with Crippen molar-refractivity contribution in [2.45, 2.75) is 19.4 Å². The lowest BCUT2D eigenvalue weighted by Gasteiger charge is -2.19. The second-order valence-corrected chi connectivity index (χ2v) is 3.75. The Bertz CT molecular complexity index is 373. The van der Waals surface area contributed by atoms with Crippen molar-refractivity contribution in [2.24, 2.45) is 16.5 Å². The van der Waals surface area contributed by atoms with Gasteiger partial charge in [0.2, 0.25) is 0 Å². The minimum atomic E-state index is 0.0770. The fourth-order valence-corrected chi connectivity index (χ4v) is 1.48. The number of hydrogen-bond acceptors (Lipinski definition) is 2. The molecule has 1 rings (SSSR count). The van der Waals surface area contributed by atoms with E-state index in [0.29, 0.717) is 5.96 Å². The second-order valence-electron chi connectivity index (χ2n) is 3.75. The molecule has 0 spiro atoms. The first-order chi connectivity index (χ1) is 7.60. The minimum Gasteiger partial charge on any atom is -0.370 e. The van der Waals surface area contributed by atoms with Crippen LogP contribution in [0.5, 0.6) is 0 Å². The molecule has 16 heavy (non-hydrogen) atoms. The third kappa shape index (κ3) is 2.73. The smallest absolute Gasteiger partial charge is 0.195 e. The molecule has 0 aliphatic rings. The summed E-state index contributed by atoms with van der Waals surface area (Å²) in [5.74, 6) is 0.488. The number of hydrogen-bond donors (Lipinski definition) is 2. The van der Waals surface area contributed by atoms with Crippen molar-refractivity contribution >= 4 is 11.6 Å². The van der Waals surface area contributed by atoms with E-state index in [1.54, 1.807) is 7.05 Å². The number of anilines is 1. The Morgan fingerprint density at radius 1 is 1.50 bits per heavy atom. The molecule has 0 aliphatic heterocycles. The van der Waals surface area contributed by atoms with Crippen LogP contribution in [0.2, 0.25) is 0 Å². The molecule has 0 amide bonds. The highest BCUT2D eigenvalue weighted by Gasteiger charge is 2.08.